The van der Waals surface area contributed by atoms with Gasteiger partial charge in [-0.1, -0.05) is 19.9 Å². The maximum atomic E-state index is 11.3. The van der Waals surface area contributed by atoms with Gasteiger partial charge in [-0.3, -0.25) is 4.90 Å². The van der Waals surface area contributed by atoms with Crippen molar-refractivity contribution in [2.75, 3.05) is 13.7 Å². The third-order valence-electron chi connectivity index (χ3n) is 3.94. The van der Waals surface area contributed by atoms with Gasteiger partial charge in [0.25, 0.3) is 0 Å². The first-order valence-corrected chi connectivity index (χ1v) is 7.65. The molecule has 1 aliphatic rings. The molecule has 4 heteroatoms. The van der Waals surface area contributed by atoms with Crippen LogP contribution in [-0.2, 0) is 6.54 Å². The molecule has 4 nitrogen and oxygen atoms in total. The average molecular weight is 291 g/mol. The van der Waals surface area contributed by atoms with Gasteiger partial charge >= 0.3 is 5.97 Å². The smallest absolute Gasteiger partial charge is 0.339 e. The highest BCUT2D eigenvalue weighted by Crippen LogP contribution is 2.30. The van der Waals surface area contributed by atoms with Gasteiger partial charge in [0, 0.05) is 12.6 Å². The second kappa shape index (κ2) is 6.94. The van der Waals surface area contributed by atoms with Crippen LogP contribution in [0.5, 0.6) is 5.75 Å². The standard InChI is InChI=1S/C17H25NO3/c1-12(2)8-9-18(14-5-6-14)11-13-4-7-16(21-3)15(10-13)17(19)20/h4,7,10,12,14H,5-6,8-9,11H2,1-3H3,(H,19,20). The quantitative estimate of drug-likeness (QED) is 0.797. The molecule has 116 valence electrons. The number of hydrogen-bond acceptors (Lipinski definition) is 3. The van der Waals surface area contributed by atoms with Crippen molar-refractivity contribution in [3.05, 3.63) is 29.3 Å². The summed E-state index contributed by atoms with van der Waals surface area (Å²) in [5.74, 6) is 0.178. The monoisotopic (exact) mass is 291 g/mol. The Bertz CT molecular complexity index is 495. The molecule has 1 aliphatic carbocycles. The Balaban J connectivity index is 2.09. The van der Waals surface area contributed by atoms with E-state index in [9.17, 15) is 9.90 Å². The molecule has 0 unspecified atom stereocenters. The van der Waals surface area contributed by atoms with E-state index >= 15 is 0 Å². The van der Waals surface area contributed by atoms with Crippen LogP contribution >= 0.6 is 0 Å². The van der Waals surface area contributed by atoms with Crippen LogP contribution in [0, 0.1) is 5.92 Å². The molecule has 0 spiro atoms. The van der Waals surface area contributed by atoms with Crippen LogP contribution in [-0.4, -0.2) is 35.7 Å². The number of carbonyl (C=O) groups is 1. The molecule has 21 heavy (non-hydrogen) atoms. The number of ether oxygens (including phenoxy) is 1. The topological polar surface area (TPSA) is 49.8 Å². The third kappa shape index (κ3) is 4.46. The summed E-state index contributed by atoms with van der Waals surface area (Å²) in [6.45, 7) is 6.38. The predicted molar refractivity (Wildman–Crippen MR) is 82.8 cm³/mol. The van der Waals surface area contributed by atoms with Gasteiger partial charge in [-0.25, -0.2) is 4.79 Å². The number of benzene rings is 1. The Morgan fingerprint density at radius 1 is 1.43 bits per heavy atom. The summed E-state index contributed by atoms with van der Waals surface area (Å²) in [4.78, 5) is 13.8. The molecule has 0 atom stereocenters. The number of rotatable bonds is 8. The van der Waals surface area contributed by atoms with Crippen LogP contribution in [0.15, 0.2) is 18.2 Å². The van der Waals surface area contributed by atoms with E-state index < -0.39 is 5.97 Å². The normalized spacial score (nSPS) is 14.7. The Hall–Kier alpha value is -1.55. The zero-order valence-corrected chi connectivity index (χ0v) is 13.1. The fraction of sp³-hybridized carbons (Fsp3) is 0.588. The first-order valence-electron chi connectivity index (χ1n) is 7.65. The minimum Gasteiger partial charge on any atom is -0.496 e. The highest BCUT2D eigenvalue weighted by molar-refractivity contribution is 5.91. The van der Waals surface area contributed by atoms with E-state index in [0.29, 0.717) is 17.7 Å². The number of methoxy groups -OCH3 is 1. The van der Waals surface area contributed by atoms with Gasteiger partial charge in [0.1, 0.15) is 11.3 Å². The summed E-state index contributed by atoms with van der Waals surface area (Å²) in [5.41, 5.74) is 1.29. The van der Waals surface area contributed by atoms with Crippen molar-refractivity contribution in [3.63, 3.8) is 0 Å². The largest absolute Gasteiger partial charge is 0.496 e. The molecular formula is C17H25NO3. The SMILES string of the molecule is COc1ccc(CN(CCC(C)C)C2CC2)cc1C(=O)O. The van der Waals surface area contributed by atoms with E-state index in [4.69, 9.17) is 4.74 Å². The maximum absolute atomic E-state index is 11.3. The van der Waals surface area contributed by atoms with Crippen LogP contribution in [0.2, 0.25) is 0 Å². The molecule has 1 fully saturated rings. The van der Waals surface area contributed by atoms with Crippen molar-refractivity contribution in [1.82, 2.24) is 4.90 Å². The van der Waals surface area contributed by atoms with Gasteiger partial charge in [0.05, 0.1) is 7.11 Å². The molecule has 1 saturated carbocycles. The molecular weight excluding hydrogens is 266 g/mol. The van der Waals surface area contributed by atoms with Crippen LogP contribution in [0.1, 0.15) is 49.0 Å². The fourth-order valence-corrected chi connectivity index (χ4v) is 2.51. The van der Waals surface area contributed by atoms with Crippen molar-refractivity contribution in [3.8, 4) is 5.75 Å². The molecule has 0 bridgehead atoms. The van der Waals surface area contributed by atoms with Gasteiger partial charge in [0.2, 0.25) is 0 Å². The maximum Gasteiger partial charge on any atom is 0.339 e. The molecule has 1 N–H and O–H groups in total. The minimum absolute atomic E-state index is 0.245. The lowest BCUT2D eigenvalue weighted by Gasteiger charge is -2.23. The summed E-state index contributed by atoms with van der Waals surface area (Å²) in [6.07, 6.45) is 3.71. The zero-order chi connectivity index (χ0) is 15.4. The number of aromatic carboxylic acids is 1. The average Bonchev–Trinajstić information content (AvgIpc) is 3.27. The predicted octanol–water partition coefficient (Wildman–Crippen LogP) is 3.40. The van der Waals surface area contributed by atoms with E-state index in [0.717, 1.165) is 18.7 Å². The lowest BCUT2D eigenvalue weighted by Crippen LogP contribution is -2.27. The number of carboxylic acid groups (broad SMARTS) is 1. The van der Waals surface area contributed by atoms with Crippen LogP contribution in [0.4, 0.5) is 0 Å². The van der Waals surface area contributed by atoms with Gasteiger partial charge in [-0.2, -0.15) is 0 Å². The molecule has 2 rings (SSSR count). The van der Waals surface area contributed by atoms with Crippen molar-refractivity contribution in [2.45, 2.75) is 45.7 Å². The van der Waals surface area contributed by atoms with Gasteiger partial charge in [-0.15, -0.1) is 0 Å². The molecule has 0 aromatic heterocycles. The van der Waals surface area contributed by atoms with Crippen LogP contribution in [0.25, 0.3) is 0 Å². The second-order valence-corrected chi connectivity index (χ2v) is 6.22. The van der Waals surface area contributed by atoms with Crippen molar-refractivity contribution < 1.29 is 14.6 Å². The Labute approximate surface area is 126 Å². The number of nitrogens with zero attached hydrogens (tertiary/aromatic N) is 1. The highest BCUT2D eigenvalue weighted by atomic mass is 16.5. The minimum atomic E-state index is -0.936. The van der Waals surface area contributed by atoms with Crippen molar-refractivity contribution in [1.29, 1.82) is 0 Å². The highest BCUT2D eigenvalue weighted by Gasteiger charge is 2.28. The van der Waals surface area contributed by atoms with Gasteiger partial charge in [-0.05, 0) is 49.4 Å². The summed E-state index contributed by atoms with van der Waals surface area (Å²) in [6, 6.07) is 6.15. The van der Waals surface area contributed by atoms with Crippen molar-refractivity contribution in [2.24, 2.45) is 5.92 Å². The van der Waals surface area contributed by atoms with E-state index in [1.807, 2.05) is 6.07 Å². The zero-order valence-electron chi connectivity index (χ0n) is 13.1. The third-order valence-corrected chi connectivity index (χ3v) is 3.94. The molecule has 0 aliphatic heterocycles. The molecule has 0 radical (unpaired) electrons. The summed E-state index contributed by atoms with van der Waals surface area (Å²) in [5, 5.41) is 9.26. The second-order valence-electron chi connectivity index (χ2n) is 6.22. The van der Waals surface area contributed by atoms with E-state index in [-0.39, 0.29) is 5.56 Å². The number of carboxylic acids is 1. The summed E-state index contributed by atoms with van der Waals surface area (Å²) >= 11 is 0. The van der Waals surface area contributed by atoms with E-state index in [1.54, 1.807) is 12.1 Å². The van der Waals surface area contributed by atoms with Crippen LogP contribution < -0.4 is 4.74 Å². The summed E-state index contributed by atoms with van der Waals surface area (Å²) in [7, 11) is 1.50. The van der Waals surface area contributed by atoms with Gasteiger partial charge in [0.15, 0.2) is 0 Å². The number of hydrogen-bond donors (Lipinski definition) is 1. The summed E-state index contributed by atoms with van der Waals surface area (Å²) < 4.78 is 5.11. The molecule has 0 heterocycles. The lowest BCUT2D eigenvalue weighted by molar-refractivity contribution is 0.0693. The first kappa shape index (κ1) is 15.8. The molecule has 1 aromatic carbocycles. The van der Waals surface area contributed by atoms with Crippen molar-refractivity contribution >= 4 is 5.97 Å². The molecule has 0 saturated heterocycles. The first-order chi connectivity index (χ1) is 10.0. The fourth-order valence-electron chi connectivity index (χ4n) is 2.51. The lowest BCUT2D eigenvalue weighted by atomic mass is 10.1. The Morgan fingerprint density at radius 3 is 2.67 bits per heavy atom. The van der Waals surface area contributed by atoms with Crippen LogP contribution in [0.3, 0.4) is 0 Å². The molecule has 1 aromatic rings. The Kier molecular flexibility index (Phi) is 5.23. The Morgan fingerprint density at radius 2 is 2.14 bits per heavy atom. The van der Waals surface area contributed by atoms with E-state index in [1.165, 1.54) is 26.4 Å². The van der Waals surface area contributed by atoms with Gasteiger partial charge < -0.3 is 9.84 Å². The van der Waals surface area contributed by atoms with E-state index in [2.05, 4.69) is 18.7 Å². The molecule has 0 amide bonds.